The van der Waals surface area contributed by atoms with E-state index in [0.29, 0.717) is 17.1 Å². The maximum absolute atomic E-state index is 12.7. The summed E-state index contributed by atoms with van der Waals surface area (Å²) in [6, 6.07) is 15.4. The molecule has 3 N–H and O–H groups in total. The number of aromatic amines is 1. The van der Waals surface area contributed by atoms with E-state index in [1.807, 2.05) is 6.07 Å². The summed E-state index contributed by atoms with van der Waals surface area (Å²) < 4.78 is 28.0. The van der Waals surface area contributed by atoms with Crippen molar-refractivity contribution in [3.05, 3.63) is 71.5 Å². The van der Waals surface area contributed by atoms with Crippen LogP contribution in [0.25, 0.3) is 0 Å². The van der Waals surface area contributed by atoms with E-state index in [9.17, 15) is 13.2 Å². The van der Waals surface area contributed by atoms with Crippen LogP contribution in [0.2, 0.25) is 0 Å². The number of H-pyrrole nitrogens is 1. The first-order chi connectivity index (χ1) is 12.4. The van der Waals surface area contributed by atoms with Crippen LogP contribution in [0.5, 0.6) is 0 Å². The van der Waals surface area contributed by atoms with Crippen LogP contribution in [0.1, 0.15) is 21.7 Å². The number of nitrogens with zero attached hydrogens (tertiary/aromatic N) is 1. The Morgan fingerprint density at radius 3 is 2.31 bits per heavy atom. The minimum atomic E-state index is -3.88. The number of anilines is 2. The fraction of sp³-hybridized carbons (Fsp3) is 0.111. The van der Waals surface area contributed by atoms with Gasteiger partial charge in [0.1, 0.15) is 4.90 Å². The first kappa shape index (κ1) is 17.7. The Morgan fingerprint density at radius 2 is 1.65 bits per heavy atom. The van der Waals surface area contributed by atoms with Gasteiger partial charge in [0.05, 0.1) is 22.6 Å². The molecule has 0 bridgehead atoms. The van der Waals surface area contributed by atoms with E-state index >= 15 is 0 Å². The Kier molecular flexibility index (Phi) is 4.77. The van der Waals surface area contributed by atoms with Gasteiger partial charge in [-0.1, -0.05) is 30.3 Å². The second kappa shape index (κ2) is 7.01. The lowest BCUT2D eigenvalue weighted by atomic mass is 10.1. The number of hydrogen-bond acceptors (Lipinski definition) is 4. The summed E-state index contributed by atoms with van der Waals surface area (Å²) in [5, 5.41) is 9.31. The maximum atomic E-state index is 12.7. The Hall–Kier alpha value is -3.13. The zero-order chi connectivity index (χ0) is 18.7. The summed E-state index contributed by atoms with van der Waals surface area (Å²) in [4.78, 5) is 12.7. The lowest BCUT2D eigenvalue weighted by Crippen LogP contribution is -2.19. The van der Waals surface area contributed by atoms with Crippen LogP contribution in [-0.2, 0) is 10.0 Å². The molecule has 1 amide bonds. The molecule has 0 saturated heterocycles. The number of carbonyl (C=O) groups excluding carboxylic acids is 1. The first-order valence-electron chi connectivity index (χ1n) is 7.88. The van der Waals surface area contributed by atoms with Gasteiger partial charge in [-0.25, -0.2) is 8.42 Å². The fourth-order valence-corrected chi connectivity index (χ4v) is 4.08. The molecule has 3 aromatic rings. The molecule has 0 radical (unpaired) electrons. The zero-order valence-corrected chi connectivity index (χ0v) is 15.1. The molecule has 0 unspecified atom stereocenters. The van der Waals surface area contributed by atoms with Crippen LogP contribution >= 0.6 is 0 Å². The van der Waals surface area contributed by atoms with Gasteiger partial charge in [0, 0.05) is 5.69 Å². The number of carbonyl (C=O) groups is 1. The van der Waals surface area contributed by atoms with Crippen LogP contribution in [0.15, 0.2) is 59.5 Å². The van der Waals surface area contributed by atoms with Crippen LogP contribution in [0.4, 0.5) is 11.4 Å². The van der Waals surface area contributed by atoms with Crippen molar-refractivity contribution in [2.75, 3.05) is 10.0 Å². The van der Waals surface area contributed by atoms with Crippen LogP contribution in [-0.4, -0.2) is 24.5 Å². The Bertz CT molecular complexity index is 1020. The highest BCUT2D eigenvalue weighted by Crippen LogP contribution is 2.24. The van der Waals surface area contributed by atoms with Gasteiger partial charge in [-0.15, -0.1) is 0 Å². The van der Waals surface area contributed by atoms with Crippen molar-refractivity contribution in [1.82, 2.24) is 10.2 Å². The van der Waals surface area contributed by atoms with Gasteiger partial charge in [0.2, 0.25) is 0 Å². The minimum Gasteiger partial charge on any atom is -0.322 e. The van der Waals surface area contributed by atoms with E-state index < -0.39 is 15.9 Å². The zero-order valence-electron chi connectivity index (χ0n) is 14.3. The number of hydrogen-bond donors (Lipinski definition) is 3. The maximum Gasteiger partial charge on any atom is 0.265 e. The van der Waals surface area contributed by atoms with Crippen molar-refractivity contribution < 1.29 is 13.2 Å². The monoisotopic (exact) mass is 370 g/mol. The third kappa shape index (κ3) is 3.60. The lowest BCUT2D eigenvalue weighted by molar-refractivity contribution is 0.102. The molecule has 0 aliphatic carbocycles. The number of sulfonamides is 1. The summed E-state index contributed by atoms with van der Waals surface area (Å²) in [6.07, 6.45) is 0. The van der Waals surface area contributed by atoms with Gasteiger partial charge < -0.3 is 5.32 Å². The van der Waals surface area contributed by atoms with Gasteiger partial charge in [-0.2, -0.15) is 5.10 Å². The smallest absolute Gasteiger partial charge is 0.265 e. The summed E-state index contributed by atoms with van der Waals surface area (Å²) in [7, 11) is -3.88. The summed E-state index contributed by atoms with van der Waals surface area (Å²) in [5.41, 5.74) is 1.83. The van der Waals surface area contributed by atoms with Crippen molar-refractivity contribution in [2.45, 2.75) is 18.7 Å². The second-order valence-electron chi connectivity index (χ2n) is 5.73. The average molecular weight is 370 g/mol. The molecule has 8 heteroatoms. The van der Waals surface area contributed by atoms with E-state index in [-0.39, 0.29) is 16.1 Å². The van der Waals surface area contributed by atoms with Crippen LogP contribution < -0.4 is 10.0 Å². The summed E-state index contributed by atoms with van der Waals surface area (Å²) >= 11 is 0. The predicted octanol–water partition coefficient (Wildman–Crippen LogP) is 3.08. The van der Waals surface area contributed by atoms with Crippen molar-refractivity contribution in [3.63, 3.8) is 0 Å². The molecule has 2 aromatic carbocycles. The molecule has 1 aromatic heterocycles. The van der Waals surface area contributed by atoms with Gasteiger partial charge in [-0.05, 0) is 38.1 Å². The van der Waals surface area contributed by atoms with Crippen LogP contribution in [0, 0.1) is 13.8 Å². The number of benzene rings is 2. The molecule has 0 atom stereocenters. The van der Waals surface area contributed by atoms with Gasteiger partial charge in [-0.3, -0.25) is 14.6 Å². The second-order valence-corrected chi connectivity index (χ2v) is 7.35. The topological polar surface area (TPSA) is 104 Å². The van der Waals surface area contributed by atoms with E-state index in [0.717, 1.165) is 0 Å². The number of rotatable bonds is 5. The average Bonchev–Trinajstić information content (AvgIpc) is 2.95. The standard InChI is InChI=1S/C18H18N4O3S/c1-12-17(13(2)21-20-12)26(24,25)22-16-11-7-6-10-15(16)18(23)19-14-8-4-3-5-9-14/h3-11,22H,1-2H3,(H,19,23)(H,20,21). The first-order valence-corrected chi connectivity index (χ1v) is 9.36. The van der Waals surface area contributed by atoms with Crippen molar-refractivity contribution >= 4 is 27.3 Å². The van der Waals surface area contributed by atoms with E-state index in [1.54, 1.807) is 62.4 Å². The lowest BCUT2D eigenvalue weighted by Gasteiger charge is -2.13. The third-order valence-corrected chi connectivity index (χ3v) is 5.40. The molecule has 1 heterocycles. The Morgan fingerprint density at radius 1 is 1.00 bits per heavy atom. The molecule has 0 spiro atoms. The van der Waals surface area contributed by atoms with E-state index in [1.165, 1.54) is 0 Å². The molecule has 134 valence electrons. The Labute approximate surface area is 151 Å². The number of nitrogens with one attached hydrogen (secondary N) is 3. The van der Waals surface area contributed by atoms with E-state index in [4.69, 9.17) is 0 Å². The van der Waals surface area contributed by atoms with Crippen LogP contribution in [0.3, 0.4) is 0 Å². The molecule has 0 aliphatic heterocycles. The number of aryl methyl sites for hydroxylation is 2. The molecule has 0 saturated carbocycles. The van der Waals surface area contributed by atoms with Gasteiger partial charge in [0.15, 0.2) is 0 Å². The molecular formula is C18H18N4O3S. The highest BCUT2D eigenvalue weighted by Gasteiger charge is 2.24. The molecule has 3 rings (SSSR count). The number of aromatic nitrogens is 2. The predicted molar refractivity (Wildman–Crippen MR) is 99.7 cm³/mol. The minimum absolute atomic E-state index is 0.0794. The molecule has 26 heavy (non-hydrogen) atoms. The van der Waals surface area contributed by atoms with Gasteiger partial charge >= 0.3 is 0 Å². The molecule has 0 aliphatic rings. The molecular weight excluding hydrogens is 352 g/mol. The Balaban J connectivity index is 1.91. The van der Waals surface area contributed by atoms with Crippen molar-refractivity contribution in [3.8, 4) is 0 Å². The largest absolute Gasteiger partial charge is 0.322 e. The van der Waals surface area contributed by atoms with Crippen molar-refractivity contribution in [1.29, 1.82) is 0 Å². The van der Waals surface area contributed by atoms with E-state index in [2.05, 4.69) is 20.2 Å². The van der Waals surface area contributed by atoms with Crippen molar-refractivity contribution in [2.24, 2.45) is 0 Å². The number of para-hydroxylation sites is 2. The molecule has 0 fully saturated rings. The quantitative estimate of drug-likeness (QED) is 0.642. The number of amides is 1. The normalized spacial score (nSPS) is 11.2. The third-order valence-electron chi connectivity index (χ3n) is 3.78. The SMILES string of the molecule is Cc1n[nH]c(C)c1S(=O)(=O)Nc1ccccc1C(=O)Nc1ccccc1. The summed E-state index contributed by atoms with van der Waals surface area (Å²) in [6.45, 7) is 3.23. The fourth-order valence-electron chi connectivity index (χ4n) is 2.62. The summed E-state index contributed by atoms with van der Waals surface area (Å²) in [5.74, 6) is -0.407. The highest BCUT2D eigenvalue weighted by atomic mass is 32.2. The van der Waals surface area contributed by atoms with Gasteiger partial charge in [0.25, 0.3) is 15.9 Å². The molecule has 7 nitrogen and oxygen atoms in total. The highest BCUT2D eigenvalue weighted by molar-refractivity contribution is 7.92.